The Kier molecular flexibility index (Phi) is 8.28. The first kappa shape index (κ1) is 34.4. The molecule has 0 unspecified atom stereocenters. The van der Waals surface area contributed by atoms with E-state index in [0.717, 1.165) is 98.7 Å². The first-order valence-corrected chi connectivity index (χ1v) is 21.0. The molecule has 4 nitrogen and oxygen atoms in total. The van der Waals surface area contributed by atoms with E-state index in [0.29, 0.717) is 0 Å². The van der Waals surface area contributed by atoms with Gasteiger partial charge in [-0.05, 0) is 83.6 Å². The molecule has 0 aliphatic rings. The van der Waals surface area contributed by atoms with E-state index in [2.05, 4.69) is 184 Å². The van der Waals surface area contributed by atoms with Crippen molar-refractivity contribution in [1.29, 1.82) is 0 Å². The van der Waals surface area contributed by atoms with Gasteiger partial charge in [-0.15, -0.1) is 22.7 Å². The van der Waals surface area contributed by atoms with Crippen LogP contribution in [0, 0.1) is 13.8 Å². The summed E-state index contributed by atoms with van der Waals surface area (Å²) in [5, 5.41) is 4.16. The quantitative estimate of drug-likeness (QED) is 0.158. The fourth-order valence-corrected chi connectivity index (χ4v) is 10.0. The lowest BCUT2D eigenvalue weighted by molar-refractivity contribution is 1.36. The first-order valence-electron chi connectivity index (χ1n) is 19.4. The highest BCUT2D eigenvalue weighted by Crippen LogP contribution is 2.41. The molecule has 0 saturated carbocycles. The number of pyridine rings is 2. The molecule has 58 heavy (non-hydrogen) atoms. The van der Waals surface area contributed by atoms with Crippen LogP contribution in [0.3, 0.4) is 0 Å². The van der Waals surface area contributed by atoms with Gasteiger partial charge < -0.3 is 0 Å². The molecule has 6 heteroatoms. The van der Waals surface area contributed by atoms with E-state index in [9.17, 15) is 0 Å². The van der Waals surface area contributed by atoms with Crippen molar-refractivity contribution >= 4 is 64.9 Å². The number of rotatable bonds is 6. The number of fused-ring (bicyclic) bond motifs is 5. The van der Waals surface area contributed by atoms with E-state index in [1.54, 1.807) is 22.7 Å². The summed E-state index contributed by atoms with van der Waals surface area (Å²) in [5.41, 5.74) is 16.9. The Morgan fingerprint density at radius 2 is 0.741 bits per heavy atom. The molecular weight excluding hydrogens is 745 g/mol. The summed E-state index contributed by atoms with van der Waals surface area (Å²) in [4.78, 5) is 20.8. The summed E-state index contributed by atoms with van der Waals surface area (Å²) in [7, 11) is 0. The van der Waals surface area contributed by atoms with Gasteiger partial charge in [0.1, 0.15) is 10.0 Å². The normalized spacial score (nSPS) is 11.6. The average molecular weight is 779 g/mol. The number of aromatic nitrogens is 4. The third-order valence-corrected chi connectivity index (χ3v) is 13.0. The molecule has 11 aromatic rings. The van der Waals surface area contributed by atoms with Gasteiger partial charge >= 0.3 is 0 Å². The lowest BCUT2D eigenvalue weighted by atomic mass is 9.93. The summed E-state index contributed by atoms with van der Waals surface area (Å²) in [5.74, 6) is 0. The van der Waals surface area contributed by atoms with Crippen molar-refractivity contribution in [3.63, 3.8) is 0 Å². The number of hydrogen-bond donors (Lipinski definition) is 0. The Morgan fingerprint density at radius 1 is 0.345 bits per heavy atom. The minimum Gasteiger partial charge on any atom is -0.245 e. The average Bonchev–Trinajstić information content (AvgIpc) is 3.90. The number of thiazole rings is 2. The zero-order chi connectivity index (χ0) is 38.7. The fraction of sp³-hybridized carbons (Fsp3) is 0.0385. The van der Waals surface area contributed by atoms with Crippen LogP contribution in [0.15, 0.2) is 170 Å². The van der Waals surface area contributed by atoms with E-state index >= 15 is 0 Å². The molecule has 7 aromatic carbocycles. The van der Waals surface area contributed by atoms with Crippen LogP contribution in [0.2, 0.25) is 0 Å². The maximum atomic E-state index is 5.47. The highest BCUT2D eigenvalue weighted by Gasteiger charge is 2.18. The van der Waals surface area contributed by atoms with Gasteiger partial charge in [0.05, 0.1) is 42.9 Å². The molecule has 0 atom stereocenters. The molecule has 0 radical (unpaired) electrons. The monoisotopic (exact) mass is 778 g/mol. The Hall–Kier alpha value is -6.86. The highest BCUT2D eigenvalue weighted by molar-refractivity contribution is 7.22. The molecule has 0 amide bonds. The summed E-state index contributed by atoms with van der Waals surface area (Å²) in [6.45, 7) is 4.25. The van der Waals surface area contributed by atoms with Gasteiger partial charge in [0.15, 0.2) is 0 Å². The highest BCUT2D eigenvalue weighted by atomic mass is 32.1. The van der Waals surface area contributed by atoms with Crippen molar-refractivity contribution in [2.45, 2.75) is 13.8 Å². The summed E-state index contributed by atoms with van der Waals surface area (Å²) < 4.78 is 2.41. The summed E-state index contributed by atoms with van der Waals surface area (Å²) >= 11 is 3.46. The van der Waals surface area contributed by atoms with Gasteiger partial charge in [-0.25, -0.2) is 19.9 Å². The molecule has 0 aliphatic heterocycles. The third kappa shape index (κ3) is 6.14. The summed E-state index contributed by atoms with van der Waals surface area (Å²) in [6, 6.07) is 60.3. The second kappa shape index (κ2) is 14.0. The largest absolute Gasteiger partial charge is 0.245 e. The molecule has 4 aromatic heterocycles. The number of nitrogens with zero attached hydrogens (tertiary/aromatic N) is 4. The zero-order valence-electron chi connectivity index (χ0n) is 31.8. The zero-order valence-corrected chi connectivity index (χ0v) is 33.4. The first-order chi connectivity index (χ1) is 28.5. The van der Waals surface area contributed by atoms with Crippen molar-refractivity contribution in [1.82, 2.24) is 19.9 Å². The molecule has 0 N–H and O–H groups in total. The van der Waals surface area contributed by atoms with Crippen molar-refractivity contribution in [2.24, 2.45) is 0 Å². The van der Waals surface area contributed by atoms with Gasteiger partial charge in [0.2, 0.25) is 0 Å². The molecule has 0 spiro atoms. The molecule has 0 bridgehead atoms. The van der Waals surface area contributed by atoms with E-state index in [1.807, 2.05) is 0 Å². The van der Waals surface area contributed by atoms with Crippen LogP contribution in [0.5, 0.6) is 0 Å². The van der Waals surface area contributed by atoms with Crippen LogP contribution in [0.25, 0.3) is 108 Å². The standard InChI is InChI=1S/C52H34N4S2/c1-31-13-25-43-47(27-31)57-51(55-43)37-19-15-35(16-20-37)45-29-41(33-9-5-3-6-10-33)39-23-24-40-42(34-11-7-4-8-12-34)30-46(54-50(40)49(39)53-45)36-17-21-38(22-18-36)52-56-44-26-14-32(2)28-48(44)58-52/h3-30H,1-2H3. The van der Waals surface area contributed by atoms with Gasteiger partial charge in [-0.3, -0.25) is 0 Å². The van der Waals surface area contributed by atoms with Crippen molar-refractivity contribution < 1.29 is 0 Å². The van der Waals surface area contributed by atoms with Crippen LogP contribution in [0.1, 0.15) is 11.1 Å². The third-order valence-electron chi connectivity index (χ3n) is 10.9. The maximum Gasteiger partial charge on any atom is 0.124 e. The smallest absolute Gasteiger partial charge is 0.124 e. The Bertz CT molecular complexity index is 3110. The Balaban J connectivity index is 1.08. The Labute approximate surface area is 343 Å². The van der Waals surface area contributed by atoms with E-state index < -0.39 is 0 Å². The fourth-order valence-electron chi connectivity index (χ4n) is 7.86. The van der Waals surface area contributed by atoms with E-state index in [1.165, 1.54) is 20.5 Å². The van der Waals surface area contributed by atoms with Crippen molar-refractivity contribution in [2.75, 3.05) is 0 Å². The Morgan fingerprint density at radius 3 is 1.16 bits per heavy atom. The van der Waals surface area contributed by atoms with Crippen LogP contribution in [0.4, 0.5) is 0 Å². The van der Waals surface area contributed by atoms with E-state index in [-0.39, 0.29) is 0 Å². The maximum absolute atomic E-state index is 5.47. The number of aryl methyl sites for hydroxylation is 2. The van der Waals surface area contributed by atoms with Crippen LogP contribution in [-0.2, 0) is 0 Å². The minimum absolute atomic E-state index is 0.875. The molecule has 0 fully saturated rings. The topological polar surface area (TPSA) is 51.6 Å². The minimum atomic E-state index is 0.875. The van der Waals surface area contributed by atoms with Gasteiger partial charge in [-0.1, -0.05) is 133 Å². The van der Waals surface area contributed by atoms with Gasteiger partial charge in [0.25, 0.3) is 0 Å². The number of hydrogen-bond acceptors (Lipinski definition) is 6. The molecule has 274 valence electrons. The molecule has 4 heterocycles. The second-order valence-corrected chi connectivity index (χ2v) is 16.9. The molecular formula is C52H34N4S2. The second-order valence-electron chi connectivity index (χ2n) is 14.8. The molecule has 0 saturated heterocycles. The predicted octanol–water partition coefficient (Wildman–Crippen LogP) is 14.6. The van der Waals surface area contributed by atoms with Crippen LogP contribution in [-0.4, -0.2) is 19.9 Å². The number of benzene rings is 7. The van der Waals surface area contributed by atoms with E-state index in [4.69, 9.17) is 19.9 Å². The lowest BCUT2D eigenvalue weighted by Crippen LogP contribution is -1.95. The van der Waals surface area contributed by atoms with Gasteiger partial charge in [-0.2, -0.15) is 0 Å². The predicted molar refractivity (Wildman–Crippen MR) is 245 cm³/mol. The lowest BCUT2D eigenvalue weighted by Gasteiger charge is -2.15. The van der Waals surface area contributed by atoms with Crippen molar-refractivity contribution in [3.05, 3.63) is 181 Å². The van der Waals surface area contributed by atoms with Gasteiger partial charge in [0, 0.05) is 33.0 Å². The molecule has 0 aliphatic carbocycles. The van der Waals surface area contributed by atoms with Crippen LogP contribution >= 0.6 is 22.7 Å². The van der Waals surface area contributed by atoms with Crippen LogP contribution < -0.4 is 0 Å². The van der Waals surface area contributed by atoms with Crippen molar-refractivity contribution in [3.8, 4) is 65.9 Å². The SMILES string of the molecule is Cc1ccc2nc(-c3ccc(-c4cc(-c5ccccc5)c5ccc6c(-c7ccccc7)cc(-c7ccc(-c8nc9ccc(C)cc9s8)cc7)nc6c5n4)cc3)sc2c1. The summed E-state index contributed by atoms with van der Waals surface area (Å²) in [6.07, 6.45) is 0. The molecule has 11 rings (SSSR count).